The first-order chi connectivity index (χ1) is 12.6. The molecule has 0 bridgehead atoms. The van der Waals surface area contributed by atoms with Gasteiger partial charge in [-0.2, -0.15) is 0 Å². The lowest BCUT2D eigenvalue weighted by Gasteiger charge is -2.19. The number of rotatable bonds is 5. The van der Waals surface area contributed by atoms with E-state index in [9.17, 15) is 4.79 Å². The predicted molar refractivity (Wildman–Crippen MR) is 102 cm³/mol. The molecule has 1 heterocycles. The Kier molecular flexibility index (Phi) is 5.31. The van der Waals surface area contributed by atoms with Gasteiger partial charge in [-0.15, -0.1) is 10.2 Å². The standard InChI is InChI=1S/C20H23N5O/c1-4-15-10-8-9-13-17(15)21-20(26)22-18(16-11-6-5-7-12-16)19-24-23-14(2)25(19)3/h5-13,18H,4H2,1-3H3,(H2,21,22,26)/t18-/m0/s1. The van der Waals surface area contributed by atoms with Gasteiger partial charge in [0, 0.05) is 12.7 Å². The Bertz CT molecular complexity index is 888. The summed E-state index contributed by atoms with van der Waals surface area (Å²) in [4.78, 5) is 12.7. The van der Waals surface area contributed by atoms with Crippen LogP contribution >= 0.6 is 0 Å². The quantitative estimate of drug-likeness (QED) is 0.739. The van der Waals surface area contributed by atoms with Gasteiger partial charge in [0.1, 0.15) is 11.9 Å². The Labute approximate surface area is 153 Å². The molecule has 3 aromatic rings. The maximum Gasteiger partial charge on any atom is 0.320 e. The molecule has 0 aliphatic rings. The van der Waals surface area contributed by atoms with E-state index in [1.54, 1.807) is 0 Å². The molecule has 0 unspecified atom stereocenters. The Morgan fingerprint density at radius 1 is 1.08 bits per heavy atom. The summed E-state index contributed by atoms with van der Waals surface area (Å²) in [6, 6.07) is 16.9. The number of urea groups is 1. The molecule has 1 aromatic heterocycles. The number of aryl methyl sites for hydroxylation is 2. The van der Waals surface area contributed by atoms with Crippen LogP contribution in [-0.4, -0.2) is 20.8 Å². The van der Waals surface area contributed by atoms with E-state index in [-0.39, 0.29) is 6.03 Å². The molecule has 134 valence electrons. The molecule has 0 radical (unpaired) electrons. The van der Waals surface area contributed by atoms with E-state index in [0.717, 1.165) is 29.1 Å². The van der Waals surface area contributed by atoms with Gasteiger partial charge in [0.2, 0.25) is 0 Å². The van der Waals surface area contributed by atoms with Crippen LogP contribution in [0, 0.1) is 6.92 Å². The van der Waals surface area contributed by atoms with Gasteiger partial charge < -0.3 is 15.2 Å². The highest BCUT2D eigenvalue weighted by Crippen LogP contribution is 2.21. The van der Waals surface area contributed by atoms with E-state index in [4.69, 9.17) is 0 Å². The number of para-hydroxylation sites is 1. The lowest BCUT2D eigenvalue weighted by Crippen LogP contribution is -2.34. The molecular formula is C20H23N5O. The highest BCUT2D eigenvalue weighted by molar-refractivity contribution is 5.90. The summed E-state index contributed by atoms with van der Waals surface area (Å²) in [7, 11) is 1.90. The second-order valence-corrected chi connectivity index (χ2v) is 6.12. The third-order valence-corrected chi connectivity index (χ3v) is 4.44. The number of carbonyl (C=O) groups is 1. The third-order valence-electron chi connectivity index (χ3n) is 4.44. The van der Waals surface area contributed by atoms with Crippen LogP contribution in [0.25, 0.3) is 0 Å². The van der Waals surface area contributed by atoms with Crippen molar-refractivity contribution in [3.63, 3.8) is 0 Å². The molecule has 1 atom stereocenters. The van der Waals surface area contributed by atoms with Gasteiger partial charge in [-0.3, -0.25) is 0 Å². The molecule has 0 aliphatic heterocycles. The summed E-state index contributed by atoms with van der Waals surface area (Å²) in [6.45, 7) is 3.95. The summed E-state index contributed by atoms with van der Waals surface area (Å²) < 4.78 is 1.89. The number of nitrogens with one attached hydrogen (secondary N) is 2. The van der Waals surface area contributed by atoms with E-state index >= 15 is 0 Å². The predicted octanol–water partition coefficient (Wildman–Crippen LogP) is 3.60. The second-order valence-electron chi connectivity index (χ2n) is 6.12. The van der Waals surface area contributed by atoms with E-state index in [0.29, 0.717) is 5.82 Å². The summed E-state index contributed by atoms with van der Waals surface area (Å²) in [5.41, 5.74) is 2.85. The highest BCUT2D eigenvalue weighted by atomic mass is 16.2. The molecule has 6 heteroatoms. The molecule has 2 N–H and O–H groups in total. The lowest BCUT2D eigenvalue weighted by molar-refractivity contribution is 0.249. The number of nitrogens with zero attached hydrogens (tertiary/aromatic N) is 3. The average Bonchev–Trinajstić information content (AvgIpc) is 3.00. The van der Waals surface area contributed by atoms with Crippen LogP contribution < -0.4 is 10.6 Å². The highest BCUT2D eigenvalue weighted by Gasteiger charge is 2.22. The molecule has 0 fully saturated rings. The Balaban J connectivity index is 1.86. The zero-order valence-corrected chi connectivity index (χ0v) is 15.2. The van der Waals surface area contributed by atoms with Crippen molar-refractivity contribution >= 4 is 11.7 Å². The number of hydrogen-bond donors (Lipinski definition) is 2. The Hall–Kier alpha value is -3.15. The molecule has 0 spiro atoms. The van der Waals surface area contributed by atoms with E-state index in [1.807, 2.05) is 73.1 Å². The molecule has 6 nitrogen and oxygen atoms in total. The summed E-state index contributed by atoms with van der Waals surface area (Å²) in [5, 5.41) is 14.4. The van der Waals surface area contributed by atoms with Crippen molar-refractivity contribution in [1.29, 1.82) is 0 Å². The maximum absolute atomic E-state index is 12.7. The molecular weight excluding hydrogens is 326 g/mol. The SMILES string of the molecule is CCc1ccccc1NC(=O)N[C@@H](c1ccccc1)c1nnc(C)n1C. The first-order valence-electron chi connectivity index (χ1n) is 8.66. The van der Waals surface area contributed by atoms with Gasteiger partial charge in [0.05, 0.1) is 0 Å². The van der Waals surface area contributed by atoms with Crippen molar-refractivity contribution in [3.05, 3.63) is 77.4 Å². The fourth-order valence-electron chi connectivity index (χ4n) is 2.86. The van der Waals surface area contributed by atoms with Crippen LogP contribution in [0.1, 0.15) is 35.7 Å². The van der Waals surface area contributed by atoms with Crippen molar-refractivity contribution in [2.75, 3.05) is 5.32 Å². The summed E-state index contributed by atoms with van der Waals surface area (Å²) in [5.74, 6) is 1.48. The summed E-state index contributed by atoms with van der Waals surface area (Å²) in [6.07, 6.45) is 0.848. The molecule has 0 saturated heterocycles. The first kappa shape index (κ1) is 17.7. The van der Waals surface area contributed by atoms with Crippen LogP contribution in [0.4, 0.5) is 10.5 Å². The largest absolute Gasteiger partial charge is 0.324 e. The van der Waals surface area contributed by atoms with Crippen molar-refractivity contribution < 1.29 is 4.79 Å². The zero-order valence-electron chi connectivity index (χ0n) is 15.2. The molecule has 3 rings (SSSR count). The lowest BCUT2D eigenvalue weighted by atomic mass is 10.1. The maximum atomic E-state index is 12.7. The first-order valence-corrected chi connectivity index (χ1v) is 8.66. The van der Waals surface area contributed by atoms with Gasteiger partial charge in [-0.05, 0) is 30.5 Å². The minimum Gasteiger partial charge on any atom is -0.324 e. The number of aromatic nitrogens is 3. The average molecular weight is 349 g/mol. The zero-order chi connectivity index (χ0) is 18.5. The van der Waals surface area contributed by atoms with E-state index < -0.39 is 6.04 Å². The summed E-state index contributed by atoms with van der Waals surface area (Å²) >= 11 is 0. The fraction of sp³-hybridized carbons (Fsp3) is 0.250. The number of carbonyl (C=O) groups excluding carboxylic acids is 1. The van der Waals surface area contributed by atoms with Gasteiger partial charge in [0.25, 0.3) is 0 Å². The fourth-order valence-corrected chi connectivity index (χ4v) is 2.86. The second kappa shape index (κ2) is 7.82. The van der Waals surface area contributed by atoms with Crippen molar-refractivity contribution in [2.45, 2.75) is 26.3 Å². The molecule has 0 aliphatic carbocycles. The van der Waals surface area contributed by atoms with Crippen LogP contribution in [0.2, 0.25) is 0 Å². The van der Waals surface area contributed by atoms with Crippen molar-refractivity contribution in [2.24, 2.45) is 7.05 Å². The van der Waals surface area contributed by atoms with Crippen molar-refractivity contribution in [3.8, 4) is 0 Å². The smallest absolute Gasteiger partial charge is 0.320 e. The van der Waals surface area contributed by atoms with Gasteiger partial charge >= 0.3 is 6.03 Å². The minimum absolute atomic E-state index is 0.277. The molecule has 2 amide bonds. The molecule has 2 aromatic carbocycles. The van der Waals surface area contributed by atoms with Gasteiger partial charge in [0.15, 0.2) is 5.82 Å². The number of benzene rings is 2. The molecule has 0 saturated carbocycles. The van der Waals surface area contributed by atoms with Crippen LogP contribution in [0.5, 0.6) is 0 Å². The van der Waals surface area contributed by atoms with Crippen LogP contribution in [-0.2, 0) is 13.5 Å². The monoisotopic (exact) mass is 349 g/mol. The normalized spacial score (nSPS) is 11.8. The van der Waals surface area contributed by atoms with Gasteiger partial charge in [-0.1, -0.05) is 55.5 Å². The Morgan fingerprint density at radius 2 is 1.77 bits per heavy atom. The van der Waals surface area contributed by atoms with Crippen LogP contribution in [0.15, 0.2) is 54.6 Å². The molecule has 26 heavy (non-hydrogen) atoms. The van der Waals surface area contributed by atoms with E-state index in [1.165, 1.54) is 0 Å². The number of amides is 2. The van der Waals surface area contributed by atoms with E-state index in [2.05, 4.69) is 27.8 Å². The van der Waals surface area contributed by atoms with Gasteiger partial charge in [-0.25, -0.2) is 4.79 Å². The topological polar surface area (TPSA) is 71.8 Å². The number of hydrogen-bond acceptors (Lipinski definition) is 3. The van der Waals surface area contributed by atoms with Crippen molar-refractivity contribution in [1.82, 2.24) is 20.1 Å². The number of anilines is 1. The Morgan fingerprint density at radius 3 is 2.42 bits per heavy atom. The third kappa shape index (κ3) is 3.74. The minimum atomic E-state index is -0.392. The van der Waals surface area contributed by atoms with Crippen LogP contribution in [0.3, 0.4) is 0 Å².